The molecule has 0 spiro atoms. The third-order valence-corrected chi connectivity index (χ3v) is 12.6. The fourth-order valence-electron chi connectivity index (χ4n) is 8.62. The van der Waals surface area contributed by atoms with E-state index in [9.17, 15) is 29.1 Å². The number of aliphatic hydroxyl groups excluding tert-OH is 1. The second-order valence-corrected chi connectivity index (χ2v) is 17.8. The number of likely N-dealkylation sites (tertiary alicyclic amines) is 1. The minimum absolute atomic E-state index is 0.0272. The van der Waals surface area contributed by atoms with Gasteiger partial charge in [0.2, 0.25) is 23.6 Å². The Balaban J connectivity index is 1.75. The molecule has 0 aliphatic carbocycles. The van der Waals surface area contributed by atoms with Gasteiger partial charge in [-0.2, -0.15) is 0 Å². The normalized spacial score (nSPS) is 18.5. The third-order valence-electron chi connectivity index (χ3n) is 12.6. The summed E-state index contributed by atoms with van der Waals surface area (Å²) in [4.78, 5) is 74.3. The number of nitrogens with one attached hydrogen (secondary N) is 2. The number of amides is 5. The molecular weight excluding hydrogens is 791 g/mol. The van der Waals surface area contributed by atoms with Gasteiger partial charge in [0.1, 0.15) is 18.7 Å². The van der Waals surface area contributed by atoms with Crippen molar-refractivity contribution in [2.45, 2.75) is 143 Å². The van der Waals surface area contributed by atoms with Crippen LogP contribution >= 0.6 is 0 Å². The number of hydrogen-bond acceptors (Lipinski definition) is 9. The van der Waals surface area contributed by atoms with Crippen molar-refractivity contribution in [3.63, 3.8) is 0 Å². The van der Waals surface area contributed by atoms with Gasteiger partial charge in [-0.3, -0.25) is 24.1 Å². The molecule has 0 unspecified atom stereocenters. The second kappa shape index (κ2) is 24.4. The van der Waals surface area contributed by atoms with Crippen LogP contribution in [0.2, 0.25) is 0 Å². The fraction of sp³-hybridized carbons (Fsp3) is 0.646. The molecule has 2 aromatic rings. The van der Waals surface area contributed by atoms with Gasteiger partial charge in [-0.1, -0.05) is 115 Å². The Bertz CT molecular complexity index is 1740. The van der Waals surface area contributed by atoms with Crippen molar-refractivity contribution in [3.8, 4) is 0 Å². The van der Waals surface area contributed by atoms with E-state index in [1.165, 1.54) is 19.1 Å². The molecule has 1 aliphatic heterocycles. The Labute approximate surface area is 370 Å². The van der Waals surface area contributed by atoms with Crippen molar-refractivity contribution < 1.29 is 43.3 Å². The molecule has 62 heavy (non-hydrogen) atoms. The van der Waals surface area contributed by atoms with Crippen LogP contribution in [0.3, 0.4) is 0 Å². The van der Waals surface area contributed by atoms with E-state index in [1.54, 1.807) is 37.8 Å². The maximum Gasteiger partial charge on any atom is 0.410 e. The number of hydrogen-bond donors (Lipinski definition) is 3. The van der Waals surface area contributed by atoms with Crippen molar-refractivity contribution in [2.75, 3.05) is 34.9 Å². The van der Waals surface area contributed by atoms with Crippen molar-refractivity contribution in [1.82, 2.24) is 25.3 Å². The smallest absolute Gasteiger partial charge is 0.410 e. The Morgan fingerprint density at radius 3 is 2.02 bits per heavy atom. The molecule has 14 heteroatoms. The highest BCUT2D eigenvalue weighted by molar-refractivity contribution is 5.91. The maximum atomic E-state index is 14.5. The molecule has 10 atom stereocenters. The number of aliphatic hydroxyl groups is 1. The largest absolute Gasteiger partial charge is 0.445 e. The van der Waals surface area contributed by atoms with E-state index in [2.05, 4.69) is 10.6 Å². The lowest BCUT2D eigenvalue weighted by Gasteiger charge is -2.41. The maximum absolute atomic E-state index is 14.5. The molecule has 1 heterocycles. The van der Waals surface area contributed by atoms with E-state index in [1.807, 2.05) is 103 Å². The average molecular weight is 866 g/mol. The summed E-state index contributed by atoms with van der Waals surface area (Å²) in [5.74, 6) is -2.65. The molecule has 5 amide bonds. The van der Waals surface area contributed by atoms with Gasteiger partial charge < -0.3 is 39.8 Å². The number of likely N-dealkylation sites (N-methyl/N-ethyl adjacent to an activating group) is 2. The first-order chi connectivity index (χ1) is 29.3. The monoisotopic (exact) mass is 866 g/mol. The van der Waals surface area contributed by atoms with Crippen LogP contribution in [0, 0.1) is 30.6 Å². The predicted molar refractivity (Wildman–Crippen MR) is 240 cm³/mol. The number of nitrogens with zero attached hydrogens (tertiary/aromatic N) is 3. The Morgan fingerprint density at radius 1 is 0.839 bits per heavy atom. The summed E-state index contributed by atoms with van der Waals surface area (Å²) in [6, 6.07) is 13.4. The molecule has 0 aromatic heterocycles. The highest BCUT2D eigenvalue weighted by atomic mass is 16.6. The van der Waals surface area contributed by atoms with E-state index in [0.29, 0.717) is 24.9 Å². The van der Waals surface area contributed by atoms with Crippen LogP contribution < -0.4 is 10.6 Å². The van der Waals surface area contributed by atoms with Crippen molar-refractivity contribution in [3.05, 3.63) is 71.3 Å². The number of ether oxygens (including phenoxy) is 3. The molecule has 1 fully saturated rings. The van der Waals surface area contributed by atoms with Crippen LogP contribution in [0.25, 0.3) is 0 Å². The SMILES string of the molecule is CC[C@H](C)[C@@H]([C@@H](CC(=O)N1CCC[C@H]1[C@H](OC)[C@@H](C)C(=O)N[C@H](C)[C@@H](O)c1ccccc1)OC)N(C)C(=O)[C@@H](NC(=O)[C@H](C(C)C)N(C)C(=O)OCc1ccc(C)cc1)C(C)C. The zero-order valence-electron chi connectivity index (χ0n) is 39.4. The standard InChI is InChI=1S/C48H75N5O9/c1-14-32(7)42(51(10)47(58)40(29(2)3)50-46(57)41(30(4)5)52(11)48(59)62-28-35-24-22-31(6)23-25-35)38(60-12)27-39(54)53-26-18-21-37(53)44(61-13)33(8)45(56)49-34(9)43(55)36-19-16-15-17-20-36/h15-17,19-20,22-25,29-30,32-34,37-38,40-44,55H,14,18,21,26-28H2,1-13H3,(H,49,56)(H,50,57)/t32-,33+,34+,37-,38+,40-,41-,42-,43+,44+/m0/s1. The van der Waals surface area contributed by atoms with Gasteiger partial charge in [-0.05, 0) is 55.6 Å². The van der Waals surface area contributed by atoms with E-state index >= 15 is 0 Å². The molecule has 0 saturated carbocycles. The zero-order chi connectivity index (χ0) is 46.4. The van der Waals surface area contributed by atoms with E-state index in [0.717, 1.165) is 17.5 Å². The Morgan fingerprint density at radius 2 is 1.47 bits per heavy atom. The molecule has 1 saturated heterocycles. The number of benzene rings is 2. The first-order valence-corrected chi connectivity index (χ1v) is 22.2. The quantitative estimate of drug-likeness (QED) is 0.131. The summed E-state index contributed by atoms with van der Waals surface area (Å²) in [7, 11) is 6.28. The number of carbonyl (C=O) groups excluding carboxylic acids is 5. The Hall–Kier alpha value is -4.53. The number of rotatable bonds is 22. The minimum atomic E-state index is -0.944. The fourth-order valence-corrected chi connectivity index (χ4v) is 8.62. The highest BCUT2D eigenvalue weighted by Gasteiger charge is 2.43. The molecule has 2 aromatic carbocycles. The lowest BCUT2D eigenvalue weighted by Crippen LogP contribution is -2.60. The first kappa shape index (κ1) is 51.8. The van der Waals surface area contributed by atoms with Gasteiger partial charge in [-0.25, -0.2) is 4.79 Å². The van der Waals surface area contributed by atoms with Crippen LogP contribution in [0.1, 0.15) is 104 Å². The summed E-state index contributed by atoms with van der Waals surface area (Å²) >= 11 is 0. The molecular formula is C48H75N5O9. The van der Waals surface area contributed by atoms with Gasteiger partial charge in [0.05, 0.1) is 48.8 Å². The summed E-state index contributed by atoms with van der Waals surface area (Å²) in [6.07, 6.45) is -0.844. The predicted octanol–water partition coefficient (Wildman–Crippen LogP) is 5.89. The number of carbonyl (C=O) groups is 5. The van der Waals surface area contributed by atoms with Gasteiger partial charge >= 0.3 is 6.09 Å². The second-order valence-electron chi connectivity index (χ2n) is 17.8. The molecule has 1 aliphatic rings. The van der Waals surface area contributed by atoms with Crippen LogP contribution in [-0.2, 0) is 40.0 Å². The van der Waals surface area contributed by atoms with Crippen molar-refractivity contribution in [2.24, 2.45) is 23.7 Å². The van der Waals surface area contributed by atoms with Gasteiger partial charge in [0.25, 0.3) is 0 Å². The molecule has 0 radical (unpaired) electrons. The molecule has 346 valence electrons. The molecule has 0 bridgehead atoms. The first-order valence-electron chi connectivity index (χ1n) is 22.2. The van der Waals surface area contributed by atoms with Crippen molar-refractivity contribution >= 4 is 29.7 Å². The molecule has 14 nitrogen and oxygen atoms in total. The van der Waals surface area contributed by atoms with Crippen molar-refractivity contribution in [1.29, 1.82) is 0 Å². The lowest BCUT2D eigenvalue weighted by atomic mass is 9.89. The van der Waals surface area contributed by atoms with Crippen LogP contribution in [0.15, 0.2) is 54.6 Å². The van der Waals surface area contributed by atoms with Gasteiger partial charge in [0.15, 0.2) is 0 Å². The van der Waals surface area contributed by atoms with Gasteiger partial charge in [0, 0.05) is 34.9 Å². The summed E-state index contributed by atoms with van der Waals surface area (Å²) in [5, 5.41) is 16.8. The van der Waals surface area contributed by atoms with E-state index in [4.69, 9.17) is 14.2 Å². The lowest BCUT2D eigenvalue weighted by molar-refractivity contribution is -0.148. The molecule has 3 rings (SSSR count). The Kier molecular flexibility index (Phi) is 20.4. The minimum Gasteiger partial charge on any atom is -0.445 e. The van der Waals surface area contributed by atoms with E-state index < -0.39 is 60.4 Å². The number of aryl methyl sites for hydroxylation is 1. The van der Waals surface area contributed by atoms with Crippen LogP contribution in [0.5, 0.6) is 0 Å². The summed E-state index contributed by atoms with van der Waals surface area (Å²) in [5.41, 5.74) is 2.61. The van der Waals surface area contributed by atoms with Crippen LogP contribution in [-0.4, -0.2) is 127 Å². The highest BCUT2D eigenvalue weighted by Crippen LogP contribution is 2.30. The molecule has 3 N–H and O–H groups in total. The summed E-state index contributed by atoms with van der Waals surface area (Å²) < 4.78 is 17.6. The zero-order valence-corrected chi connectivity index (χ0v) is 39.4. The third kappa shape index (κ3) is 13.5. The average Bonchev–Trinajstić information content (AvgIpc) is 3.74. The van der Waals surface area contributed by atoms with E-state index in [-0.39, 0.29) is 54.5 Å². The summed E-state index contributed by atoms with van der Waals surface area (Å²) in [6.45, 7) is 17.4. The van der Waals surface area contributed by atoms with Gasteiger partial charge in [-0.15, -0.1) is 0 Å². The topological polar surface area (TPSA) is 167 Å². The number of methoxy groups -OCH3 is 2. The van der Waals surface area contributed by atoms with Crippen LogP contribution in [0.4, 0.5) is 4.79 Å².